The van der Waals surface area contributed by atoms with Crippen LogP contribution in [-0.2, 0) is 38.6 Å². The van der Waals surface area contributed by atoms with Crippen molar-refractivity contribution in [3.05, 3.63) is 113 Å². The number of methoxy groups -OCH3 is 2. The van der Waals surface area contributed by atoms with Crippen LogP contribution in [0, 0.1) is 0 Å². The summed E-state index contributed by atoms with van der Waals surface area (Å²) in [5, 5.41) is 15.5. The number of fused-ring (bicyclic) bond motifs is 2. The molecule has 0 radical (unpaired) electrons. The first-order valence-corrected chi connectivity index (χ1v) is 24.6. The molecule has 49 heavy (non-hydrogen) atoms. The van der Waals surface area contributed by atoms with Crippen LogP contribution in [0.4, 0.5) is 0 Å². The van der Waals surface area contributed by atoms with Gasteiger partial charge in [0.05, 0.1) is 14.2 Å². The Morgan fingerprint density at radius 3 is 1.84 bits per heavy atom. The Hall–Kier alpha value is -1.46. The summed E-state index contributed by atoms with van der Waals surface area (Å²) in [5.74, 6) is -0.638. The van der Waals surface area contributed by atoms with Crippen LogP contribution < -0.4 is 0 Å². The number of carbonyl (C=O) groups is 2. The maximum absolute atomic E-state index is 12.3. The van der Waals surface area contributed by atoms with Gasteiger partial charge in [0.2, 0.25) is 0 Å². The van der Waals surface area contributed by atoms with E-state index in [2.05, 4.69) is 57.8 Å². The van der Waals surface area contributed by atoms with Crippen molar-refractivity contribution in [2.75, 3.05) is 27.3 Å². The van der Waals surface area contributed by atoms with Crippen LogP contribution >= 0.6 is 81.2 Å². The molecule has 0 fully saturated rings. The van der Waals surface area contributed by atoms with Gasteiger partial charge in [-0.2, -0.15) is 13.5 Å². The molecule has 3 atom stereocenters. The number of benzene rings is 2. The molecule has 0 saturated carbocycles. The number of nitrogens with zero attached hydrogens (tertiary/aromatic N) is 2. The zero-order valence-corrected chi connectivity index (χ0v) is 35.4. The highest BCUT2D eigenvalue weighted by molar-refractivity contribution is 14.1. The lowest BCUT2D eigenvalue weighted by Gasteiger charge is -2.35. The predicted octanol–water partition coefficient (Wildman–Crippen LogP) is 9.21. The van der Waals surface area contributed by atoms with Crippen molar-refractivity contribution in [1.29, 1.82) is 0 Å². The van der Waals surface area contributed by atoms with Crippen LogP contribution in [0.3, 0.4) is 0 Å². The van der Waals surface area contributed by atoms with Crippen molar-refractivity contribution in [2.45, 2.75) is 57.3 Å². The second-order valence-electron chi connectivity index (χ2n) is 12.3. The maximum Gasteiger partial charge on any atom is 0.327 e. The second kappa shape index (κ2) is 19.4. The van der Waals surface area contributed by atoms with Gasteiger partial charge in [-0.3, -0.25) is 9.80 Å². The molecule has 4 heterocycles. The van der Waals surface area contributed by atoms with Crippen LogP contribution in [0.5, 0.6) is 0 Å². The van der Waals surface area contributed by atoms with Crippen molar-refractivity contribution in [3.63, 3.8) is 0 Å². The van der Waals surface area contributed by atoms with Gasteiger partial charge in [0.15, 0.2) is 0 Å². The first-order chi connectivity index (χ1) is 22.8. The quantitative estimate of drug-likeness (QED) is 0.0896. The Morgan fingerprint density at radius 1 is 0.837 bits per heavy atom. The molecule has 7 nitrogen and oxygen atoms in total. The van der Waals surface area contributed by atoms with E-state index in [1.165, 1.54) is 24.7 Å². The number of esters is 2. The number of carbonyl (C=O) groups excluding carboxylic acids is 2. The number of ether oxygens (including phenoxy) is 2. The minimum Gasteiger partial charge on any atom is -0.468 e. The van der Waals surface area contributed by atoms with Gasteiger partial charge < -0.3 is 14.6 Å². The van der Waals surface area contributed by atoms with Gasteiger partial charge >= 0.3 is 11.9 Å². The van der Waals surface area contributed by atoms with Crippen molar-refractivity contribution in [1.82, 2.24) is 9.80 Å². The molecule has 266 valence electrons. The first kappa shape index (κ1) is 42.0. The van der Waals surface area contributed by atoms with Gasteiger partial charge in [-0.05, 0) is 63.7 Å². The second-order valence-corrected chi connectivity index (χ2v) is 28.9. The lowest BCUT2D eigenvalue weighted by atomic mass is 10.00. The molecule has 1 N–H and O–H groups in total. The summed E-state index contributed by atoms with van der Waals surface area (Å²) in [5.41, 5.74) is 3.21. The third kappa shape index (κ3) is 11.5. The van der Waals surface area contributed by atoms with E-state index in [4.69, 9.17) is 32.7 Å². The predicted molar refractivity (Wildman–Crippen MR) is 218 cm³/mol. The third-order valence-corrected chi connectivity index (χ3v) is 10.5. The fraction of sp³-hybridized carbons (Fsp3) is 0.371. The topological polar surface area (TPSA) is 79.3 Å². The van der Waals surface area contributed by atoms with E-state index in [1.807, 2.05) is 58.8 Å². The SMILES string of the molecule is COC(=O)[C@H](c1ccccc1Cl)N1CCc2sccc2C1.COC(=O)[C@H](c1ccccc1Cl)N1Cc2ccsc2C(O)C1.C[Si](C)(C)I.S. The smallest absolute Gasteiger partial charge is 0.327 e. The summed E-state index contributed by atoms with van der Waals surface area (Å²) in [6.07, 6.45) is 0.365. The van der Waals surface area contributed by atoms with E-state index in [0.717, 1.165) is 35.5 Å². The summed E-state index contributed by atoms with van der Waals surface area (Å²) in [7, 11) is 2.79. The van der Waals surface area contributed by atoms with E-state index in [-0.39, 0.29) is 25.4 Å². The number of halogens is 3. The Kier molecular flexibility index (Phi) is 16.6. The lowest BCUT2D eigenvalue weighted by Crippen LogP contribution is -2.40. The zero-order valence-electron chi connectivity index (χ0n) is 28.1. The lowest BCUT2D eigenvalue weighted by molar-refractivity contribution is -0.149. The van der Waals surface area contributed by atoms with Crippen LogP contribution in [0.25, 0.3) is 0 Å². The van der Waals surface area contributed by atoms with Gasteiger partial charge in [-0.15, -0.1) is 44.5 Å². The highest BCUT2D eigenvalue weighted by atomic mass is 127. The molecule has 0 amide bonds. The van der Waals surface area contributed by atoms with E-state index in [1.54, 1.807) is 28.7 Å². The number of hydrogen-bond acceptors (Lipinski definition) is 9. The number of aliphatic hydroxyl groups is 1. The van der Waals surface area contributed by atoms with Gasteiger partial charge in [0.1, 0.15) is 23.8 Å². The molecular weight excluding hydrogens is 850 g/mol. The van der Waals surface area contributed by atoms with Crippen molar-refractivity contribution in [3.8, 4) is 0 Å². The standard InChI is InChI=1S/C16H16ClNO3S.C16H16ClNO2S.C3H9ISi.H2S/c1-21-16(20)14(11-4-2-3-5-12(11)17)18-8-10-6-7-22-15(10)13(19)9-18;1-20-16(19)15(12-4-2-3-5-13(12)17)18-8-6-14-11(10-18)7-9-21-14;1-5(2,3)4;/h2-7,13-14,19H,8-9H2,1H3;2-5,7,9,15H,6,8,10H2,1H3;1-3H3;1H2/t13?,14-;15-;;/m00../s1. The Bertz CT molecular complexity index is 1680. The molecule has 2 aromatic heterocycles. The Balaban J connectivity index is 0.000000230. The molecule has 2 aromatic carbocycles. The van der Waals surface area contributed by atoms with Crippen molar-refractivity contribution >= 4 is 98.7 Å². The van der Waals surface area contributed by atoms with Crippen LogP contribution in [0.1, 0.15) is 50.2 Å². The number of hydrogen-bond donors (Lipinski definition) is 1. The highest BCUT2D eigenvalue weighted by Crippen LogP contribution is 2.38. The summed E-state index contributed by atoms with van der Waals surface area (Å²) in [6.45, 7) is 9.48. The van der Waals surface area contributed by atoms with Crippen LogP contribution in [0.2, 0.25) is 29.7 Å². The normalized spacial score (nSPS) is 17.0. The minimum absolute atomic E-state index is 0. The van der Waals surface area contributed by atoms with E-state index < -0.39 is 23.8 Å². The Morgan fingerprint density at radius 2 is 1.31 bits per heavy atom. The number of β-amino-alcohol motifs (C(OH)–C–C–N with tert-alkyl or cyclic N) is 1. The van der Waals surface area contributed by atoms with Crippen LogP contribution in [0.15, 0.2) is 71.4 Å². The molecule has 2 aliphatic rings. The number of thiophene rings is 2. The van der Waals surface area contributed by atoms with E-state index in [0.29, 0.717) is 28.7 Å². The molecule has 6 rings (SSSR count). The van der Waals surface area contributed by atoms with Gasteiger partial charge in [0, 0.05) is 46.0 Å². The maximum atomic E-state index is 12.3. The molecule has 0 saturated heterocycles. The summed E-state index contributed by atoms with van der Waals surface area (Å²) in [4.78, 5) is 31.0. The van der Waals surface area contributed by atoms with Gasteiger partial charge in [0.25, 0.3) is 0 Å². The monoisotopic (exact) mass is 892 g/mol. The molecular formula is C35H43Cl2IN2O5S3Si. The van der Waals surface area contributed by atoms with E-state index >= 15 is 0 Å². The molecule has 0 bridgehead atoms. The first-order valence-electron chi connectivity index (χ1n) is 15.4. The van der Waals surface area contributed by atoms with E-state index in [9.17, 15) is 14.7 Å². The Labute approximate surface area is 328 Å². The van der Waals surface area contributed by atoms with Crippen molar-refractivity contribution < 1.29 is 24.2 Å². The molecule has 1 unspecified atom stereocenters. The fourth-order valence-electron chi connectivity index (χ4n) is 5.61. The summed E-state index contributed by atoms with van der Waals surface area (Å²) >= 11 is 18.4. The van der Waals surface area contributed by atoms with Gasteiger partial charge in [-0.1, -0.05) is 79.2 Å². The molecule has 14 heteroatoms. The minimum atomic E-state index is -0.641. The molecule has 4 aromatic rings. The molecule has 0 spiro atoms. The number of aliphatic hydroxyl groups excluding tert-OH is 1. The molecule has 0 aliphatic carbocycles. The van der Waals surface area contributed by atoms with Gasteiger partial charge in [-0.25, -0.2) is 9.59 Å². The largest absolute Gasteiger partial charge is 0.468 e. The molecule has 2 aliphatic heterocycles. The number of rotatable bonds is 6. The third-order valence-electron chi connectivity index (χ3n) is 7.68. The van der Waals surface area contributed by atoms with Crippen LogP contribution in [-0.4, -0.2) is 59.7 Å². The average molecular weight is 894 g/mol. The summed E-state index contributed by atoms with van der Waals surface area (Å²) < 4.78 is 9.97. The fourth-order valence-corrected chi connectivity index (χ4v) is 7.87. The average Bonchev–Trinajstić information content (AvgIpc) is 3.72. The summed E-state index contributed by atoms with van der Waals surface area (Å²) in [6, 6.07) is 17.8. The highest BCUT2D eigenvalue weighted by Gasteiger charge is 2.36. The van der Waals surface area contributed by atoms with Crippen molar-refractivity contribution in [2.24, 2.45) is 0 Å². The zero-order chi connectivity index (χ0) is 35.0.